The van der Waals surface area contributed by atoms with Gasteiger partial charge in [0.15, 0.2) is 11.5 Å². The summed E-state index contributed by atoms with van der Waals surface area (Å²) in [5, 5.41) is 28.1. The van der Waals surface area contributed by atoms with Crippen molar-refractivity contribution in [3.8, 4) is 22.1 Å². The van der Waals surface area contributed by atoms with E-state index in [0.29, 0.717) is 10.7 Å². The van der Waals surface area contributed by atoms with Gasteiger partial charge in [0.2, 0.25) is 5.13 Å². The lowest BCUT2D eigenvalue weighted by molar-refractivity contribution is 0.403. The maximum Gasteiger partial charge on any atom is 0.231 e. The molecular formula is C15H11N3O2S. The van der Waals surface area contributed by atoms with Crippen molar-refractivity contribution in [1.82, 2.24) is 10.2 Å². The predicted octanol–water partition coefficient (Wildman–Crippen LogP) is 3.37. The number of aromatic hydroxyl groups is 2. The molecule has 21 heavy (non-hydrogen) atoms. The molecule has 0 fully saturated rings. The molecule has 0 saturated carbocycles. The van der Waals surface area contributed by atoms with Crippen LogP contribution in [0.25, 0.3) is 10.6 Å². The van der Waals surface area contributed by atoms with Gasteiger partial charge in [-0.3, -0.25) is 0 Å². The molecule has 5 nitrogen and oxygen atoms in total. The fourth-order valence-electron chi connectivity index (χ4n) is 1.72. The van der Waals surface area contributed by atoms with E-state index in [-0.39, 0.29) is 11.5 Å². The van der Waals surface area contributed by atoms with Crippen LogP contribution in [0.15, 0.2) is 53.5 Å². The molecule has 0 aliphatic carbocycles. The molecule has 1 aromatic heterocycles. The first kappa shape index (κ1) is 13.3. The van der Waals surface area contributed by atoms with Crippen LogP contribution in [0.2, 0.25) is 0 Å². The van der Waals surface area contributed by atoms with Gasteiger partial charge in [0.25, 0.3) is 0 Å². The van der Waals surface area contributed by atoms with Crippen LogP contribution in [0, 0.1) is 0 Å². The van der Waals surface area contributed by atoms with Gasteiger partial charge in [-0.1, -0.05) is 41.7 Å². The van der Waals surface area contributed by atoms with Gasteiger partial charge in [-0.15, -0.1) is 10.2 Å². The number of hydrogen-bond acceptors (Lipinski definition) is 6. The van der Waals surface area contributed by atoms with E-state index in [4.69, 9.17) is 0 Å². The molecular weight excluding hydrogens is 286 g/mol. The van der Waals surface area contributed by atoms with Crippen LogP contribution in [-0.4, -0.2) is 26.6 Å². The van der Waals surface area contributed by atoms with Crippen LogP contribution >= 0.6 is 11.3 Å². The van der Waals surface area contributed by atoms with Crippen LogP contribution in [0.5, 0.6) is 11.5 Å². The molecule has 3 aromatic rings. The summed E-state index contributed by atoms with van der Waals surface area (Å²) in [4.78, 5) is 4.22. The van der Waals surface area contributed by atoms with E-state index >= 15 is 0 Å². The molecule has 1 heterocycles. The van der Waals surface area contributed by atoms with Gasteiger partial charge in [0.05, 0.1) is 0 Å². The Labute approximate surface area is 124 Å². The highest BCUT2D eigenvalue weighted by atomic mass is 32.1. The Morgan fingerprint density at radius 1 is 0.952 bits per heavy atom. The predicted molar refractivity (Wildman–Crippen MR) is 82.4 cm³/mol. The molecule has 0 unspecified atom stereocenters. The smallest absolute Gasteiger partial charge is 0.231 e. The minimum atomic E-state index is -0.179. The van der Waals surface area contributed by atoms with Crippen molar-refractivity contribution < 1.29 is 10.2 Å². The number of rotatable bonds is 3. The molecule has 0 bridgehead atoms. The minimum Gasteiger partial charge on any atom is -0.504 e. The van der Waals surface area contributed by atoms with Crippen LogP contribution in [0.3, 0.4) is 0 Å². The molecule has 0 aliphatic heterocycles. The van der Waals surface area contributed by atoms with E-state index in [1.807, 2.05) is 30.3 Å². The Morgan fingerprint density at radius 2 is 1.76 bits per heavy atom. The highest BCUT2D eigenvalue weighted by molar-refractivity contribution is 7.18. The summed E-state index contributed by atoms with van der Waals surface area (Å²) in [6.07, 6.45) is 1.56. The third-order valence-electron chi connectivity index (χ3n) is 2.76. The topological polar surface area (TPSA) is 78.6 Å². The van der Waals surface area contributed by atoms with E-state index in [2.05, 4.69) is 15.2 Å². The largest absolute Gasteiger partial charge is 0.504 e. The third kappa shape index (κ3) is 3.06. The Morgan fingerprint density at radius 3 is 2.52 bits per heavy atom. The second kappa shape index (κ2) is 5.72. The highest BCUT2D eigenvalue weighted by Crippen LogP contribution is 2.28. The van der Waals surface area contributed by atoms with Gasteiger partial charge in [-0.25, -0.2) is 4.99 Å². The van der Waals surface area contributed by atoms with Crippen molar-refractivity contribution in [2.45, 2.75) is 0 Å². The summed E-state index contributed by atoms with van der Waals surface area (Å²) < 4.78 is 0. The lowest BCUT2D eigenvalue weighted by Gasteiger charge is -1.97. The van der Waals surface area contributed by atoms with Crippen molar-refractivity contribution in [2.75, 3.05) is 0 Å². The molecule has 0 amide bonds. The normalized spacial score (nSPS) is 11.0. The van der Waals surface area contributed by atoms with Crippen molar-refractivity contribution in [2.24, 2.45) is 4.99 Å². The Hall–Kier alpha value is -2.73. The maximum absolute atomic E-state index is 9.41. The number of aromatic nitrogens is 2. The molecule has 0 spiro atoms. The van der Waals surface area contributed by atoms with Crippen molar-refractivity contribution in [3.63, 3.8) is 0 Å². The van der Waals surface area contributed by atoms with Gasteiger partial charge >= 0.3 is 0 Å². The first-order valence-corrected chi connectivity index (χ1v) is 6.99. The molecule has 0 aliphatic rings. The summed E-state index contributed by atoms with van der Waals surface area (Å²) >= 11 is 1.38. The van der Waals surface area contributed by atoms with E-state index in [1.165, 1.54) is 23.5 Å². The Bertz CT molecular complexity index is 785. The second-order valence-electron chi connectivity index (χ2n) is 4.26. The number of aliphatic imine (C=N–C) groups is 1. The quantitative estimate of drug-likeness (QED) is 0.574. The molecule has 2 aromatic carbocycles. The second-order valence-corrected chi connectivity index (χ2v) is 5.22. The zero-order chi connectivity index (χ0) is 14.7. The van der Waals surface area contributed by atoms with Crippen molar-refractivity contribution in [1.29, 1.82) is 0 Å². The van der Waals surface area contributed by atoms with E-state index < -0.39 is 0 Å². The van der Waals surface area contributed by atoms with Gasteiger partial charge in [-0.05, 0) is 23.8 Å². The molecule has 2 N–H and O–H groups in total. The average Bonchev–Trinajstić information content (AvgIpc) is 2.98. The summed E-state index contributed by atoms with van der Waals surface area (Å²) in [6, 6.07) is 14.2. The number of benzene rings is 2. The number of hydrogen-bond donors (Lipinski definition) is 2. The van der Waals surface area contributed by atoms with Crippen LogP contribution in [0.4, 0.5) is 5.13 Å². The molecule has 0 radical (unpaired) electrons. The molecule has 0 saturated heterocycles. The lowest BCUT2D eigenvalue weighted by atomic mass is 10.2. The first-order chi connectivity index (χ1) is 10.2. The lowest BCUT2D eigenvalue weighted by Crippen LogP contribution is -1.80. The van der Waals surface area contributed by atoms with Crippen LogP contribution in [0.1, 0.15) is 5.56 Å². The number of phenols is 2. The molecule has 6 heteroatoms. The zero-order valence-electron chi connectivity index (χ0n) is 10.8. The Kier molecular flexibility index (Phi) is 3.61. The standard InChI is InChI=1S/C15H11N3O2S/c19-12-7-6-10(8-13(12)20)9-16-15-18-17-14(21-15)11-4-2-1-3-5-11/h1-9,19-20H/b16-9+. The van der Waals surface area contributed by atoms with E-state index in [0.717, 1.165) is 10.6 Å². The summed E-state index contributed by atoms with van der Waals surface area (Å²) in [5.74, 6) is -0.337. The summed E-state index contributed by atoms with van der Waals surface area (Å²) in [5.41, 5.74) is 1.67. The van der Waals surface area contributed by atoms with E-state index in [9.17, 15) is 10.2 Å². The van der Waals surface area contributed by atoms with Gasteiger partial charge in [0.1, 0.15) is 5.01 Å². The molecule has 3 rings (SSSR count). The monoisotopic (exact) mass is 297 g/mol. The van der Waals surface area contributed by atoms with Crippen molar-refractivity contribution >= 4 is 22.7 Å². The highest BCUT2D eigenvalue weighted by Gasteiger charge is 2.05. The first-order valence-electron chi connectivity index (χ1n) is 6.17. The van der Waals surface area contributed by atoms with Gasteiger partial charge in [0, 0.05) is 11.8 Å². The van der Waals surface area contributed by atoms with Gasteiger partial charge in [-0.2, -0.15) is 0 Å². The summed E-state index contributed by atoms with van der Waals surface area (Å²) in [7, 11) is 0. The Balaban J connectivity index is 1.81. The fourth-order valence-corrected chi connectivity index (χ4v) is 2.41. The SMILES string of the molecule is Oc1ccc(/C=N/c2nnc(-c3ccccc3)s2)cc1O. The summed E-state index contributed by atoms with van der Waals surface area (Å²) in [6.45, 7) is 0. The van der Waals surface area contributed by atoms with E-state index in [1.54, 1.807) is 12.3 Å². The van der Waals surface area contributed by atoms with Gasteiger partial charge < -0.3 is 10.2 Å². The molecule has 0 atom stereocenters. The van der Waals surface area contributed by atoms with Crippen LogP contribution < -0.4 is 0 Å². The van der Waals surface area contributed by atoms with Crippen LogP contribution in [-0.2, 0) is 0 Å². The third-order valence-corrected chi connectivity index (χ3v) is 3.64. The fraction of sp³-hybridized carbons (Fsp3) is 0. The zero-order valence-corrected chi connectivity index (χ0v) is 11.7. The van der Waals surface area contributed by atoms with Crippen molar-refractivity contribution in [3.05, 3.63) is 54.1 Å². The average molecular weight is 297 g/mol. The number of nitrogens with zero attached hydrogens (tertiary/aromatic N) is 3. The maximum atomic E-state index is 9.41. The number of phenolic OH excluding ortho intramolecular Hbond substituents is 2. The molecule has 104 valence electrons. The minimum absolute atomic E-state index is 0.158.